The number of β-lactam (4-membered cyclic amide) rings is 1. The Morgan fingerprint density at radius 1 is 1.11 bits per heavy atom. The third-order valence-corrected chi connectivity index (χ3v) is 8.17. The van der Waals surface area contributed by atoms with Gasteiger partial charge in [-0.25, -0.2) is 4.79 Å². The number of thioether (sulfide) groups is 1. The van der Waals surface area contributed by atoms with Crippen LogP contribution in [0.3, 0.4) is 0 Å². The molecule has 2 aliphatic heterocycles. The molecule has 1 aromatic heterocycles. The predicted molar refractivity (Wildman–Crippen MR) is 137 cm³/mol. The first kappa shape index (κ1) is 26.7. The van der Waals surface area contributed by atoms with Crippen LogP contribution in [0.5, 0.6) is 0 Å². The highest BCUT2D eigenvalue weighted by molar-refractivity contribution is 8.01. The van der Waals surface area contributed by atoms with Gasteiger partial charge in [-0.2, -0.15) is 0 Å². The Labute approximate surface area is 218 Å². The minimum atomic E-state index is -0.892. The van der Waals surface area contributed by atoms with Gasteiger partial charge in [0.25, 0.3) is 0 Å². The van der Waals surface area contributed by atoms with Gasteiger partial charge in [-0.15, -0.1) is 11.8 Å². The molecule has 2 amide bonds. The van der Waals surface area contributed by atoms with Crippen LogP contribution in [-0.4, -0.2) is 62.2 Å². The Kier molecular flexibility index (Phi) is 6.87. The van der Waals surface area contributed by atoms with E-state index in [9.17, 15) is 24.0 Å². The molecule has 0 aliphatic carbocycles. The number of hydrogen-bond donors (Lipinski definition) is 1. The zero-order valence-electron chi connectivity index (χ0n) is 21.6. The van der Waals surface area contributed by atoms with Crippen molar-refractivity contribution in [2.75, 3.05) is 6.79 Å². The van der Waals surface area contributed by atoms with E-state index in [0.717, 1.165) is 0 Å². The second kappa shape index (κ2) is 9.51. The first-order valence-electron chi connectivity index (χ1n) is 12.0. The Morgan fingerprint density at radius 3 is 2.46 bits per heavy atom. The van der Waals surface area contributed by atoms with Crippen LogP contribution in [0.1, 0.15) is 47.6 Å². The van der Waals surface area contributed by atoms with Crippen LogP contribution in [0.2, 0.25) is 0 Å². The lowest BCUT2D eigenvalue weighted by molar-refractivity contribution is -0.180. The van der Waals surface area contributed by atoms with Crippen molar-refractivity contribution in [3.8, 4) is 0 Å². The fraction of sp³-hybridized carbons (Fsp3) is 0.500. The van der Waals surface area contributed by atoms with Crippen LogP contribution in [0, 0.1) is 5.41 Å². The van der Waals surface area contributed by atoms with E-state index in [2.05, 4.69) is 5.32 Å². The van der Waals surface area contributed by atoms with Crippen LogP contribution in [0.15, 0.2) is 41.3 Å². The molecule has 3 heterocycles. The van der Waals surface area contributed by atoms with Crippen molar-refractivity contribution in [2.24, 2.45) is 5.41 Å². The Hall–Kier alpha value is -3.34. The Balaban J connectivity index is 1.43. The number of nitrogens with one attached hydrogen (secondary N) is 1. The van der Waals surface area contributed by atoms with E-state index in [1.807, 2.05) is 13.8 Å². The van der Waals surface area contributed by atoms with Crippen molar-refractivity contribution in [2.45, 2.75) is 69.8 Å². The lowest BCUT2D eigenvalue weighted by atomic mass is 9.96. The number of para-hydroxylation sites is 1. The molecule has 1 aromatic carbocycles. The molecule has 0 bridgehead atoms. The summed E-state index contributed by atoms with van der Waals surface area (Å²) in [5, 5.41) is 2.87. The van der Waals surface area contributed by atoms with Gasteiger partial charge in [0.05, 0.1) is 10.9 Å². The number of aromatic nitrogens is 1. The number of hydrogen-bond acceptors (Lipinski definition) is 8. The van der Waals surface area contributed by atoms with Crippen molar-refractivity contribution in [3.05, 3.63) is 46.8 Å². The molecule has 1 unspecified atom stereocenters. The number of ether oxygens (including phenoxy) is 2. The lowest BCUT2D eigenvalue weighted by Gasteiger charge is -2.44. The number of rotatable bonds is 6. The normalized spacial score (nSPS) is 23.1. The smallest absolute Gasteiger partial charge is 0.333 e. The highest BCUT2D eigenvalue weighted by Crippen LogP contribution is 2.51. The number of benzene rings is 1. The van der Waals surface area contributed by atoms with Gasteiger partial charge in [-0.1, -0.05) is 12.1 Å². The molecule has 4 atom stereocenters. The largest absolute Gasteiger partial charge is 0.427 e. The summed E-state index contributed by atoms with van der Waals surface area (Å²) in [7, 11) is 0. The van der Waals surface area contributed by atoms with E-state index in [4.69, 9.17) is 9.47 Å². The zero-order chi connectivity index (χ0) is 27.3. The second-order valence-electron chi connectivity index (χ2n) is 10.8. The molecule has 0 radical (unpaired) electrons. The summed E-state index contributed by atoms with van der Waals surface area (Å²) >= 11 is 1.40. The second-order valence-corrected chi connectivity index (χ2v) is 12.6. The van der Waals surface area contributed by atoms with Gasteiger partial charge >= 0.3 is 11.9 Å². The van der Waals surface area contributed by atoms with Gasteiger partial charge in [0.15, 0.2) is 5.43 Å². The number of pyridine rings is 1. The lowest BCUT2D eigenvalue weighted by Crippen LogP contribution is -2.71. The van der Waals surface area contributed by atoms with Gasteiger partial charge in [0.1, 0.15) is 23.5 Å². The summed E-state index contributed by atoms with van der Waals surface area (Å²) in [6, 6.07) is 6.04. The van der Waals surface area contributed by atoms with Gasteiger partial charge in [-0.05, 0) is 53.7 Å². The minimum Gasteiger partial charge on any atom is -0.427 e. The maximum Gasteiger partial charge on any atom is 0.333 e. The topological polar surface area (TPSA) is 124 Å². The van der Waals surface area contributed by atoms with E-state index >= 15 is 0 Å². The number of amides is 2. The number of carbonyl (C=O) groups is 4. The van der Waals surface area contributed by atoms with Crippen molar-refractivity contribution < 1.29 is 28.7 Å². The van der Waals surface area contributed by atoms with E-state index in [-0.39, 0.29) is 17.2 Å². The average Bonchev–Trinajstić information content (AvgIpc) is 3.09. The molecule has 2 aromatic rings. The fourth-order valence-electron chi connectivity index (χ4n) is 4.53. The highest BCUT2D eigenvalue weighted by Gasteiger charge is 2.64. The number of fused-ring (bicyclic) bond motifs is 2. The molecule has 0 spiro atoms. The van der Waals surface area contributed by atoms with E-state index in [1.54, 1.807) is 62.7 Å². The van der Waals surface area contributed by atoms with Crippen LogP contribution in [0.25, 0.3) is 10.9 Å². The van der Waals surface area contributed by atoms with Crippen LogP contribution in [0.4, 0.5) is 0 Å². The summed E-state index contributed by atoms with van der Waals surface area (Å²) in [5.74, 6) is -1.95. The quantitative estimate of drug-likeness (QED) is 0.343. The number of esters is 2. The van der Waals surface area contributed by atoms with Crippen LogP contribution in [-0.2, 0) is 28.7 Å². The van der Waals surface area contributed by atoms with Crippen molar-refractivity contribution in [1.82, 2.24) is 14.8 Å². The monoisotopic (exact) mass is 529 g/mol. The molecule has 10 nitrogen and oxygen atoms in total. The molecule has 0 saturated carbocycles. The molecule has 2 fully saturated rings. The third-order valence-electron chi connectivity index (χ3n) is 6.60. The SMILES string of the molecule is CC(C(=O)N[C@@H]1C(=O)N2[C@@H]1SC(C)(C)[C@@H]2C(=O)OCOC(=O)C(C)(C)C)n1ccc(=O)c2ccccc21. The summed E-state index contributed by atoms with van der Waals surface area (Å²) in [6.07, 6.45) is 1.57. The Bertz CT molecular complexity index is 1330. The summed E-state index contributed by atoms with van der Waals surface area (Å²) in [4.78, 5) is 64.6. The zero-order valence-corrected chi connectivity index (χ0v) is 22.5. The first-order valence-corrected chi connectivity index (χ1v) is 12.9. The van der Waals surface area contributed by atoms with Gasteiger partial charge in [-0.3, -0.25) is 19.2 Å². The molecule has 2 aliphatic rings. The van der Waals surface area contributed by atoms with Crippen LogP contribution >= 0.6 is 11.8 Å². The standard InChI is InChI=1S/C26H31N3O7S/c1-14(28-12-11-17(30)15-9-7-8-10-16(15)28)20(31)27-18-21(32)29-19(26(5,6)37-22(18)29)23(33)35-13-36-24(34)25(2,3)4/h7-12,14,18-19,22H,13H2,1-6H3,(H,27,31)/t14?,18-,19+,22-/m1/s1. The number of nitrogens with zero attached hydrogens (tertiary/aromatic N) is 2. The molecular formula is C26H31N3O7S. The third kappa shape index (κ3) is 4.84. The summed E-state index contributed by atoms with van der Waals surface area (Å²) in [6.45, 7) is 9.86. The van der Waals surface area contributed by atoms with Crippen molar-refractivity contribution in [3.63, 3.8) is 0 Å². The van der Waals surface area contributed by atoms with Crippen molar-refractivity contribution in [1.29, 1.82) is 0 Å². The maximum absolute atomic E-state index is 13.1. The molecule has 37 heavy (non-hydrogen) atoms. The fourth-order valence-corrected chi connectivity index (χ4v) is 6.15. The predicted octanol–water partition coefficient (Wildman–Crippen LogP) is 2.20. The summed E-state index contributed by atoms with van der Waals surface area (Å²) < 4.78 is 11.2. The number of carbonyl (C=O) groups excluding carboxylic acids is 4. The maximum atomic E-state index is 13.1. The molecule has 11 heteroatoms. The molecular weight excluding hydrogens is 498 g/mol. The van der Waals surface area contributed by atoms with Gasteiger partial charge in [0, 0.05) is 22.4 Å². The first-order chi connectivity index (χ1) is 17.2. The van der Waals surface area contributed by atoms with Crippen LogP contribution < -0.4 is 10.7 Å². The molecule has 1 N–H and O–H groups in total. The van der Waals surface area contributed by atoms with E-state index in [0.29, 0.717) is 10.9 Å². The highest BCUT2D eigenvalue weighted by atomic mass is 32.2. The van der Waals surface area contributed by atoms with E-state index < -0.39 is 52.4 Å². The van der Waals surface area contributed by atoms with Gasteiger partial charge in [0.2, 0.25) is 18.6 Å². The van der Waals surface area contributed by atoms with E-state index in [1.165, 1.54) is 22.7 Å². The molecule has 2 saturated heterocycles. The molecule has 198 valence electrons. The van der Waals surface area contributed by atoms with Crippen molar-refractivity contribution >= 4 is 46.4 Å². The average molecular weight is 530 g/mol. The summed E-state index contributed by atoms with van der Waals surface area (Å²) in [5.41, 5.74) is -0.261. The van der Waals surface area contributed by atoms with Gasteiger partial charge < -0.3 is 24.3 Å². The minimum absolute atomic E-state index is 0.139. The Morgan fingerprint density at radius 2 is 1.78 bits per heavy atom. The molecule has 4 rings (SSSR count).